The van der Waals surface area contributed by atoms with E-state index in [-0.39, 0.29) is 17.9 Å². The van der Waals surface area contributed by atoms with Crippen molar-refractivity contribution < 1.29 is 19.4 Å². The second-order valence-electron chi connectivity index (χ2n) is 12.9. The molecule has 51 heavy (non-hydrogen) atoms. The first-order chi connectivity index (χ1) is 24.7. The molecule has 2 aliphatic heterocycles. The highest BCUT2D eigenvalue weighted by molar-refractivity contribution is 7.18. The van der Waals surface area contributed by atoms with E-state index in [4.69, 9.17) is 37.9 Å². The molecular formula is C37H37Cl2N7O4S. The summed E-state index contributed by atoms with van der Waals surface area (Å²) in [5.41, 5.74) is 6.23. The summed E-state index contributed by atoms with van der Waals surface area (Å²) >= 11 is 15.8. The number of nitrogens with zero attached hydrogens (tertiary/aromatic N) is 4. The van der Waals surface area contributed by atoms with Gasteiger partial charge in [0, 0.05) is 60.5 Å². The molecule has 2 unspecified atom stereocenters. The molecule has 0 radical (unpaired) electrons. The number of ether oxygens (including phenoxy) is 1. The molecule has 3 aromatic heterocycles. The number of halogens is 2. The van der Waals surface area contributed by atoms with Gasteiger partial charge >= 0.3 is 5.97 Å². The Balaban J connectivity index is 1.12. The molecule has 2 aliphatic rings. The first kappa shape index (κ1) is 35.1. The van der Waals surface area contributed by atoms with Gasteiger partial charge in [-0.25, -0.2) is 15.0 Å². The molecule has 264 valence electrons. The number of carbonyl (C=O) groups excluding carboxylic acids is 1. The number of pyridine rings is 2. The number of anilines is 2. The Kier molecular flexibility index (Phi) is 10.4. The fraction of sp³-hybridized carbons (Fsp3) is 0.324. The number of hydrogen-bond donors (Lipinski definition) is 4. The summed E-state index contributed by atoms with van der Waals surface area (Å²) in [6, 6.07) is 15.6. The molecule has 4 N–H and O–H groups in total. The van der Waals surface area contributed by atoms with Crippen LogP contribution in [0.15, 0.2) is 54.7 Å². The van der Waals surface area contributed by atoms with Crippen LogP contribution in [0.2, 0.25) is 10.0 Å². The first-order valence-corrected chi connectivity index (χ1v) is 18.3. The van der Waals surface area contributed by atoms with E-state index in [0.29, 0.717) is 72.1 Å². The average molecular weight is 747 g/mol. The third-order valence-corrected chi connectivity index (χ3v) is 11.2. The van der Waals surface area contributed by atoms with Gasteiger partial charge in [-0.1, -0.05) is 53.5 Å². The molecule has 2 fully saturated rings. The van der Waals surface area contributed by atoms with Gasteiger partial charge in [0.15, 0.2) is 5.82 Å². The number of aryl methyl sites for hydroxylation is 1. The van der Waals surface area contributed by atoms with Crippen LogP contribution in [0.25, 0.3) is 32.6 Å². The van der Waals surface area contributed by atoms with Crippen molar-refractivity contribution >= 4 is 68.1 Å². The summed E-state index contributed by atoms with van der Waals surface area (Å²) in [6.45, 7) is 5.09. The Morgan fingerprint density at radius 2 is 1.88 bits per heavy atom. The predicted octanol–water partition coefficient (Wildman–Crippen LogP) is 7.06. The van der Waals surface area contributed by atoms with Crippen LogP contribution in [0.3, 0.4) is 0 Å². The number of carbonyl (C=O) groups is 2. The summed E-state index contributed by atoms with van der Waals surface area (Å²) in [5.74, 6) is 0.0994. The minimum atomic E-state index is -0.747. The third-order valence-electron chi connectivity index (χ3n) is 9.43. The summed E-state index contributed by atoms with van der Waals surface area (Å²) < 4.78 is 6.70. The number of nitrogens with one attached hydrogen (secondary N) is 3. The summed E-state index contributed by atoms with van der Waals surface area (Å²) in [4.78, 5) is 39.4. The van der Waals surface area contributed by atoms with Gasteiger partial charge in [0.2, 0.25) is 11.8 Å². The Labute approximate surface area is 309 Å². The monoisotopic (exact) mass is 745 g/mol. The lowest BCUT2D eigenvalue weighted by molar-refractivity contribution is -0.141. The van der Waals surface area contributed by atoms with Crippen LogP contribution < -0.4 is 20.7 Å². The van der Waals surface area contributed by atoms with Gasteiger partial charge in [0.05, 0.1) is 45.7 Å². The zero-order valence-electron chi connectivity index (χ0n) is 28.1. The lowest BCUT2D eigenvalue weighted by atomic mass is 9.99. The number of rotatable bonds is 12. The molecule has 0 spiro atoms. The largest absolute Gasteiger partial charge is 0.481 e. The van der Waals surface area contributed by atoms with Crippen LogP contribution in [0.5, 0.6) is 5.88 Å². The third kappa shape index (κ3) is 7.51. The van der Waals surface area contributed by atoms with Crippen molar-refractivity contribution in [3.63, 3.8) is 0 Å². The van der Waals surface area contributed by atoms with Gasteiger partial charge in [0.1, 0.15) is 10.5 Å². The minimum Gasteiger partial charge on any atom is -0.481 e. The highest BCUT2D eigenvalue weighted by Crippen LogP contribution is 2.43. The molecule has 5 aromatic rings. The molecule has 0 bridgehead atoms. The van der Waals surface area contributed by atoms with Gasteiger partial charge in [-0.05, 0) is 50.1 Å². The van der Waals surface area contributed by atoms with Crippen molar-refractivity contribution in [3.8, 4) is 28.3 Å². The van der Waals surface area contributed by atoms with Crippen molar-refractivity contribution in [2.45, 2.75) is 45.3 Å². The summed E-state index contributed by atoms with van der Waals surface area (Å²) in [6.07, 6.45) is 3.78. The molecule has 1 amide bonds. The van der Waals surface area contributed by atoms with Crippen LogP contribution in [0, 0.1) is 12.8 Å². The number of amides is 1. The van der Waals surface area contributed by atoms with E-state index in [1.54, 1.807) is 24.6 Å². The number of benzene rings is 2. The van der Waals surface area contributed by atoms with E-state index in [9.17, 15) is 14.7 Å². The van der Waals surface area contributed by atoms with Crippen molar-refractivity contribution in [2.75, 3.05) is 32.1 Å². The number of aromatic nitrogens is 3. The van der Waals surface area contributed by atoms with E-state index in [1.807, 2.05) is 55.5 Å². The Morgan fingerprint density at radius 3 is 2.63 bits per heavy atom. The van der Waals surface area contributed by atoms with Crippen LogP contribution in [-0.4, -0.2) is 69.6 Å². The maximum Gasteiger partial charge on any atom is 0.307 e. The number of likely N-dealkylation sites (tertiary alicyclic amines) is 1. The molecule has 7 rings (SSSR count). The van der Waals surface area contributed by atoms with E-state index in [0.717, 1.165) is 56.0 Å². The Bertz CT molecular complexity index is 2130. The molecule has 2 aromatic carbocycles. The Morgan fingerprint density at radius 1 is 1.10 bits per heavy atom. The van der Waals surface area contributed by atoms with E-state index in [1.165, 1.54) is 0 Å². The average Bonchev–Trinajstić information content (AvgIpc) is 3.87. The molecular weight excluding hydrogens is 709 g/mol. The highest BCUT2D eigenvalue weighted by atomic mass is 35.5. The normalized spacial score (nSPS) is 17.6. The van der Waals surface area contributed by atoms with E-state index >= 15 is 0 Å². The SMILES string of the molecule is COc1nc(-c2cccc(-c3cccc(Nc4nccc5sc(CN6CCC(C(=O)O)C6)nc45)c3Cl)c2Cl)cc(C)c1CNCC1CCC(=O)N1. The minimum absolute atomic E-state index is 0.0953. The molecule has 0 aliphatic carbocycles. The fourth-order valence-electron chi connectivity index (χ4n) is 6.72. The van der Waals surface area contributed by atoms with Crippen molar-refractivity contribution in [3.05, 3.63) is 80.9 Å². The molecule has 0 saturated carbocycles. The lowest BCUT2D eigenvalue weighted by Gasteiger charge is -2.17. The summed E-state index contributed by atoms with van der Waals surface area (Å²) in [7, 11) is 1.61. The second-order valence-corrected chi connectivity index (χ2v) is 14.7. The number of aliphatic carboxylic acids is 1. The zero-order chi connectivity index (χ0) is 35.6. The lowest BCUT2D eigenvalue weighted by Crippen LogP contribution is -2.35. The Hall–Kier alpha value is -4.33. The number of methoxy groups -OCH3 is 1. The predicted molar refractivity (Wildman–Crippen MR) is 201 cm³/mol. The molecule has 11 nitrogen and oxygen atoms in total. The van der Waals surface area contributed by atoms with Crippen LogP contribution in [0.1, 0.15) is 35.4 Å². The highest BCUT2D eigenvalue weighted by Gasteiger charge is 2.29. The maximum atomic E-state index is 11.6. The number of carboxylic acid groups (broad SMARTS) is 1. The second kappa shape index (κ2) is 15.1. The number of hydrogen-bond acceptors (Lipinski definition) is 10. The van der Waals surface area contributed by atoms with Crippen LogP contribution in [-0.2, 0) is 22.7 Å². The fourth-order valence-corrected chi connectivity index (χ4v) is 8.33. The molecule has 2 saturated heterocycles. The standard InChI is InChI=1S/C37H37Cl2N7O4S/c1-20-15-28(44-36(50-2)26(20)17-40-16-22-9-10-30(47)42-22)25-7-3-5-23(32(25)38)24-6-4-8-27(33(24)39)43-35-34-29(11-13-41-35)51-31(45-34)19-46-14-12-21(18-46)37(48)49/h3-8,11,13,15,21-22,40H,9-10,12,14,16-19H2,1-2H3,(H,41,43)(H,42,47)(H,48,49). The topological polar surface area (TPSA) is 142 Å². The van der Waals surface area contributed by atoms with Crippen LogP contribution >= 0.6 is 34.5 Å². The van der Waals surface area contributed by atoms with Crippen molar-refractivity contribution in [2.24, 2.45) is 5.92 Å². The summed E-state index contributed by atoms with van der Waals surface area (Å²) in [5, 5.41) is 21.1. The maximum absolute atomic E-state index is 11.6. The van der Waals surface area contributed by atoms with Crippen LogP contribution in [0.4, 0.5) is 11.5 Å². The van der Waals surface area contributed by atoms with Gasteiger partial charge < -0.3 is 25.8 Å². The molecule has 2 atom stereocenters. The quantitative estimate of drug-likeness (QED) is 0.105. The molecule has 14 heteroatoms. The number of thiazole rings is 1. The van der Waals surface area contributed by atoms with Gasteiger partial charge in [-0.3, -0.25) is 14.5 Å². The molecule has 5 heterocycles. The van der Waals surface area contributed by atoms with Crippen molar-refractivity contribution in [1.82, 2.24) is 30.5 Å². The van der Waals surface area contributed by atoms with Crippen molar-refractivity contribution in [1.29, 1.82) is 0 Å². The van der Waals surface area contributed by atoms with E-state index < -0.39 is 5.97 Å². The van der Waals surface area contributed by atoms with Gasteiger partial charge in [-0.2, -0.15) is 0 Å². The van der Waals surface area contributed by atoms with Gasteiger partial charge in [-0.15, -0.1) is 11.3 Å². The smallest absolute Gasteiger partial charge is 0.307 e. The number of fused-ring (bicyclic) bond motifs is 1. The first-order valence-electron chi connectivity index (χ1n) is 16.8. The zero-order valence-corrected chi connectivity index (χ0v) is 30.5. The number of carboxylic acids is 1. The van der Waals surface area contributed by atoms with E-state index in [2.05, 4.69) is 25.8 Å². The van der Waals surface area contributed by atoms with Gasteiger partial charge in [0.25, 0.3) is 0 Å².